The van der Waals surface area contributed by atoms with Gasteiger partial charge in [-0.05, 0) is 36.6 Å². The Hall–Kier alpha value is -0.910. The maximum absolute atomic E-state index is 10.2. The predicted octanol–water partition coefficient (Wildman–Crippen LogP) is 2.69. The average molecular weight is 306 g/mol. The molecule has 1 saturated carbocycles. The van der Waals surface area contributed by atoms with E-state index in [9.17, 15) is 9.90 Å². The number of aliphatic hydroxyl groups excluding tert-OH is 1. The maximum atomic E-state index is 10.2. The molecule has 2 rings (SSSR count). The SMILES string of the molecule is CO.CS.O=CCNc1cc(C2CC2)c(Cl)cc1O. The number of hydrogen-bond donors (Lipinski definition) is 4. The van der Waals surface area contributed by atoms with Gasteiger partial charge in [0.05, 0.1) is 12.2 Å². The second-order valence-electron chi connectivity index (χ2n) is 3.71. The van der Waals surface area contributed by atoms with Crippen molar-refractivity contribution in [3.05, 3.63) is 22.7 Å². The second-order valence-corrected chi connectivity index (χ2v) is 4.12. The van der Waals surface area contributed by atoms with E-state index < -0.39 is 0 Å². The number of nitrogens with one attached hydrogen (secondary N) is 1. The van der Waals surface area contributed by atoms with Crippen LogP contribution in [0.15, 0.2) is 12.1 Å². The van der Waals surface area contributed by atoms with Crippen LogP contribution in [0, 0.1) is 0 Å². The average Bonchev–Trinajstić information content (AvgIpc) is 3.27. The van der Waals surface area contributed by atoms with Crippen LogP contribution in [0.5, 0.6) is 5.75 Å². The third-order valence-corrected chi connectivity index (χ3v) is 2.84. The van der Waals surface area contributed by atoms with Crippen LogP contribution >= 0.6 is 24.2 Å². The molecule has 3 N–H and O–H groups in total. The van der Waals surface area contributed by atoms with Crippen molar-refractivity contribution in [2.45, 2.75) is 18.8 Å². The first-order valence-corrected chi connectivity index (χ1v) is 7.09. The second kappa shape index (κ2) is 9.95. The molecule has 6 heteroatoms. The van der Waals surface area contributed by atoms with Gasteiger partial charge >= 0.3 is 0 Å². The van der Waals surface area contributed by atoms with E-state index in [1.165, 1.54) is 6.07 Å². The van der Waals surface area contributed by atoms with Crippen molar-refractivity contribution in [1.29, 1.82) is 0 Å². The Morgan fingerprint density at radius 2 is 2.00 bits per heavy atom. The molecular formula is C13H20ClNO3S. The first-order chi connectivity index (χ1) is 9.22. The van der Waals surface area contributed by atoms with Crippen molar-refractivity contribution in [3.63, 3.8) is 0 Å². The van der Waals surface area contributed by atoms with Crippen LogP contribution in [0.4, 0.5) is 5.69 Å². The summed E-state index contributed by atoms with van der Waals surface area (Å²) in [5.74, 6) is 0.612. The van der Waals surface area contributed by atoms with Crippen molar-refractivity contribution in [3.8, 4) is 5.75 Å². The highest BCUT2D eigenvalue weighted by atomic mass is 35.5. The molecule has 0 amide bonds. The zero-order valence-corrected chi connectivity index (χ0v) is 12.7. The number of rotatable bonds is 4. The van der Waals surface area contributed by atoms with Gasteiger partial charge in [-0.2, -0.15) is 12.6 Å². The Balaban J connectivity index is 0.000000741. The van der Waals surface area contributed by atoms with Crippen molar-refractivity contribution >= 4 is 36.2 Å². The predicted molar refractivity (Wildman–Crippen MR) is 82.7 cm³/mol. The van der Waals surface area contributed by atoms with E-state index >= 15 is 0 Å². The normalized spacial score (nSPS) is 12.5. The molecule has 0 unspecified atom stereocenters. The number of carbonyl (C=O) groups is 1. The number of phenols is 1. The molecule has 1 aliphatic carbocycles. The number of phenolic OH excluding ortho intramolecular Hbond substituents is 1. The molecule has 0 aromatic heterocycles. The fourth-order valence-electron chi connectivity index (χ4n) is 1.58. The number of halogens is 1. The fourth-order valence-corrected chi connectivity index (χ4v) is 1.89. The first kappa shape index (κ1) is 18.1. The van der Waals surface area contributed by atoms with E-state index in [4.69, 9.17) is 16.7 Å². The summed E-state index contributed by atoms with van der Waals surface area (Å²) >= 11 is 9.54. The molecule has 0 atom stereocenters. The fraction of sp³-hybridized carbons (Fsp3) is 0.462. The van der Waals surface area contributed by atoms with Gasteiger partial charge < -0.3 is 20.3 Å². The van der Waals surface area contributed by atoms with Gasteiger partial charge in [0.2, 0.25) is 0 Å². The summed E-state index contributed by atoms with van der Waals surface area (Å²) < 4.78 is 0. The smallest absolute Gasteiger partial charge is 0.140 e. The van der Waals surface area contributed by atoms with Crippen molar-refractivity contribution in [2.75, 3.05) is 25.2 Å². The molecule has 0 spiro atoms. The number of thiol groups is 1. The Morgan fingerprint density at radius 1 is 1.42 bits per heavy atom. The van der Waals surface area contributed by atoms with Crippen LogP contribution in [0.25, 0.3) is 0 Å². The zero-order valence-electron chi connectivity index (χ0n) is 11.1. The van der Waals surface area contributed by atoms with Gasteiger partial charge in [-0.25, -0.2) is 0 Å². The minimum Gasteiger partial charge on any atom is -0.506 e. The van der Waals surface area contributed by atoms with Gasteiger partial charge in [0.25, 0.3) is 0 Å². The number of aldehydes is 1. The Labute approximate surface area is 124 Å². The molecule has 1 aromatic rings. The van der Waals surface area contributed by atoms with Crippen molar-refractivity contribution in [2.24, 2.45) is 0 Å². The number of aromatic hydroxyl groups is 1. The lowest BCUT2D eigenvalue weighted by molar-refractivity contribution is -0.106. The van der Waals surface area contributed by atoms with E-state index in [0.717, 1.165) is 31.8 Å². The van der Waals surface area contributed by atoms with Crippen molar-refractivity contribution < 1.29 is 15.0 Å². The quantitative estimate of drug-likeness (QED) is 0.392. The van der Waals surface area contributed by atoms with Gasteiger partial charge in [-0.1, -0.05) is 11.6 Å². The Bertz CT molecular complexity index is 398. The lowest BCUT2D eigenvalue weighted by Gasteiger charge is -2.09. The minimum absolute atomic E-state index is 0.0891. The summed E-state index contributed by atoms with van der Waals surface area (Å²) in [6.07, 6.45) is 4.75. The topological polar surface area (TPSA) is 69.6 Å². The molecule has 0 saturated heterocycles. The summed E-state index contributed by atoms with van der Waals surface area (Å²) in [6, 6.07) is 3.36. The maximum Gasteiger partial charge on any atom is 0.140 e. The first-order valence-electron chi connectivity index (χ1n) is 5.81. The number of benzene rings is 1. The standard InChI is InChI=1S/C11H12ClNO2.CH4O.CH4S/c12-9-6-11(15)10(13-3-4-14)5-8(9)7-1-2-7;2*1-2/h4-7,13,15H,1-3H2;2*2H,1H3. The lowest BCUT2D eigenvalue weighted by Crippen LogP contribution is -2.02. The molecule has 4 nitrogen and oxygen atoms in total. The van der Waals surface area contributed by atoms with Crippen LogP contribution in [0.3, 0.4) is 0 Å². The summed E-state index contributed by atoms with van der Waals surface area (Å²) in [6.45, 7) is 0.194. The van der Waals surface area contributed by atoms with E-state index in [1.54, 1.807) is 6.26 Å². The third-order valence-electron chi connectivity index (χ3n) is 2.51. The Morgan fingerprint density at radius 3 is 2.47 bits per heavy atom. The molecule has 19 heavy (non-hydrogen) atoms. The largest absolute Gasteiger partial charge is 0.506 e. The van der Waals surface area contributed by atoms with Crippen LogP contribution < -0.4 is 5.32 Å². The van der Waals surface area contributed by atoms with Crippen molar-refractivity contribution in [1.82, 2.24) is 0 Å². The van der Waals surface area contributed by atoms with E-state index in [0.29, 0.717) is 16.6 Å². The van der Waals surface area contributed by atoms with Crippen LogP contribution in [-0.4, -0.2) is 36.4 Å². The van der Waals surface area contributed by atoms with Crippen LogP contribution in [0.1, 0.15) is 24.3 Å². The van der Waals surface area contributed by atoms with Gasteiger partial charge in [-0.3, -0.25) is 0 Å². The van der Waals surface area contributed by atoms with E-state index in [1.807, 2.05) is 6.07 Å². The monoisotopic (exact) mass is 305 g/mol. The minimum atomic E-state index is 0.0891. The molecule has 108 valence electrons. The highest BCUT2D eigenvalue weighted by Gasteiger charge is 2.26. The molecule has 1 aromatic carbocycles. The number of carbonyl (C=O) groups excluding carboxylic acids is 1. The number of anilines is 1. The lowest BCUT2D eigenvalue weighted by atomic mass is 10.1. The zero-order chi connectivity index (χ0) is 14.8. The molecule has 1 aliphatic rings. The summed E-state index contributed by atoms with van der Waals surface area (Å²) in [7, 11) is 1.00. The molecule has 0 radical (unpaired) electrons. The van der Waals surface area contributed by atoms with Gasteiger partial charge in [0.1, 0.15) is 12.0 Å². The number of hydrogen-bond acceptors (Lipinski definition) is 5. The van der Waals surface area contributed by atoms with Gasteiger partial charge in [0.15, 0.2) is 0 Å². The molecule has 0 bridgehead atoms. The van der Waals surface area contributed by atoms with Gasteiger partial charge in [-0.15, -0.1) is 0 Å². The summed E-state index contributed by atoms with van der Waals surface area (Å²) in [4.78, 5) is 10.2. The molecule has 1 fully saturated rings. The highest BCUT2D eigenvalue weighted by molar-refractivity contribution is 7.79. The summed E-state index contributed by atoms with van der Waals surface area (Å²) in [5, 5.41) is 20.0. The van der Waals surface area contributed by atoms with E-state index in [2.05, 4.69) is 17.9 Å². The number of aliphatic hydroxyl groups is 1. The highest BCUT2D eigenvalue weighted by Crippen LogP contribution is 2.45. The molecule has 0 heterocycles. The van der Waals surface area contributed by atoms with Gasteiger partial charge in [0, 0.05) is 18.2 Å². The van der Waals surface area contributed by atoms with E-state index in [-0.39, 0.29) is 12.3 Å². The van der Waals surface area contributed by atoms with Crippen LogP contribution in [0.2, 0.25) is 5.02 Å². The Kier molecular flexibility index (Phi) is 9.47. The third kappa shape index (κ3) is 5.72. The molecule has 0 aliphatic heterocycles. The summed E-state index contributed by atoms with van der Waals surface area (Å²) in [5.41, 5.74) is 1.64. The van der Waals surface area contributed by atoms with Crippen LogP contribution in [-0.2, 0) is 4.79 Å². The molecular weight excluding hydrogens is 286 g/mol.